The van der Waals surface area contributed by atoms with E-state index in [9.17, 15) is 0 Å². The highest BCUT2D eigenvalue weighted by atomic mass is 16.5. The average Bonchev–Trinajstić information content (AvgIpc) is 2.24. The first kappa shape index (κ1) is 12.4. The first-order chi connectivity index (χ1) is 8.11. The Morgan fingerprint density at radius 3 is 2.53 bits per heavy atom. The summed E-state index contributed by atoms with van der Waals surface area (Å²) in [5.74, 6) is 2.37. The average molecular weight is 233 g/mol. The van der Waals surface area contributed by atoms with Gasteiger partial charge >= 0.3 is 0 Å². The van der Waals surface area contributed by atoms with Gasteiger partial charge in [-0.3, -0.25) is 0 Å². The van der Waals surface area contributed by atoms with Gasteiger partial charge in [-0.25, -0.2) is 0 Å². The minimum absolute atomic E-state index is 0.517. The third-order valence-electron chi connectivity index (χ3n) is 3.68. The molecule has 1 heterocycles. The second kappa shape index (κ2) is 5.09. The van der Waals surface area contributed by atoms with Gasteiger partial charge in [0.05, 0.1) is 7.11 Å². The monoisotopic (exact) mass is 233 g/mol. The van der Waals surface area contributed by atoms with Crippen molar-refractivity contribution in [1.29, 1.82) is 0 Å². The largest absolute Gasteiger partial charge is 0.496 e. The number of methoxy groups -OCH3 is 1. The van der Waals surface area contributed by atoms with E-state index in [-0.39, 0.29) is 0 Å². The molecular formula is C15H23NO. The summed E-state index contributed by atoms with van der Waals surface area (Å²) in [6, 6.07) is 4.54. The van der Waals surface area contributed by atoms with Crippen molar-refractivity contribution in [3.8, 4) is 5.75 Å². The SMILES string of the molecule is COc1cc(C)c(CC2CNC2)cc1C(C)C. The molecule has 0 unspecified atom stereocenters. The van der Waals surface area contributed by atoms with E-state index in [1.165, 1.54) is 36.2 Å². The van der Waals surface area contributed by atoms with E-state index in [1.807, 2.05) is 0 Å². The van der Waals surface area contributed by atoms with Crippen molar-refractivity contribution in [2.45, 2.75) is 33.1 Å². The summed E-state index contributed by atoms with van der Waals surface area (Å²) in [6.07, 6.45) is 1.20. The summed E-state index contributed by atoms with van der Waals surface area (Å²) >= 11 is 0. The van der Waals surface area contributed by atoms with Crippen LogP contribution < -0.4 is 10.1 Å². The van der Waals surface area contributed by atoms with E-state index < -0.39 is 0 Å². The van der Waals surface area contributed by atoms with Crippen LogP contribution in [-0.4, -0.2) is 20.2 Å². The van der Waals surface area contributed by atoms with Crippen LogP contribution >= 0.6 is 0 Å². The Hall–Kier alpha value is -1.02. The molecule has 1 aromatic carbocycles. The highest BCUT2D eigenvalue weighted by Gasteiger charge is 2.19. The molecule has 0 atom stereocenters. The van der Waals surface area contributed by atoms with Crippen molar-refractivity contribution in [3.63, 3.8) is 0 Å². The van der Waals surface area contributed by atoms with Crippen molar-refractivity contribution in [3.05, 3.63) is 28.8 Å². The van der Waals surface area contributed by atoms with Crippen LogP contribution in [0.4, 0.5) is 0 Å². The Kier molecular flexibility index (Phi) is 3.72. The van der Waals surface area contributed by atoms with Gasteiger partial charge in [-0.2, -0.15) is 0 Å². The molecule has 1 N–H and O–H groups in total. The van der Waals surface area contributed by atoms with E-state index in [1.54, 1.807) is 7.11 Å². The zero-order chi connectivity index (χ0) is 12.4. The summed E-state index contributed by atoms with van der Waals surface area (Å²) < 4.78 is 5.48. The third-order valence-corrected chi connectivity index (χ3v) is 3.68. The van der Waals surface area contributed by atoms with Crippen molar-refractivity contribution >= 4 is 0 Å². The molecule has 1 aliphatic heterocycles. The number of aryl methyl sites for hydroxylation is 1. The smallest absolute Gasteiger partial charge is 0.122 e. The Morgan fingerprint density at radius 1 is 1.35 bits per heavy atom. The molecule has 0 saturated carbocycles. The van der Waals surface area contributed by atoms with Crippen LogP contribution in [-0.2, 0) is 6.42 Å². The second-order valence-corrected chi connectivity index (χ2v) is 5.40. The van der Waals surface area contributed by atoms with Gasteiger partial charge in [-0.1, -0.05) is 19.9 Å². The van der Waals surface area contributed by atoms with Gasteiger partial charge in [0.25, 0.3) is 0 Å². The van der Waals surface area contributed by atoms with E-state index in [2.05, 4.69) is 38.2 Å². The van der Waals surface area contributed by atoms with E-state index in [0.29, 0.717) is 5.92 Å². The maximum absolute atomic E-state index is 5.48. The highest BCUT2D eigenvalue weighted by molar-refractivity contribution is 5.44. The number of benzene rings is 1. The molecule has 1 fully saturated rings. The summed E-state index contributed by atoms with van der Waals surface area (Å²) in [4.78, 5) is 0. The van der Waals surface area contributed by atoms with E-state index in [4.69, 9.17) is 4.74 Å². The number of ether oxygens (including phenoxy) is 1. The Labute approximate surface area is 104 Å². The molecule has 1 saturated heterocycles. The van der Waals surface area contributed by atoms with Gasteiger partial charge in [0.2, 0.25) is 0 Å². The highest BCUT2D eigenvalue weighted by Crippen LogP contribution is 2.30. The lowest BCUT2D eigenvalue weighted by atomic mass is 9.89. The minimum Gasteiger partial charge on any atom is -0.496 e. The lowest BCUT2D eigenvalue weighted by Gasteiger charge is -2.28. The molecule has 0 spiro atoms. The van der Waals surface area contributed by atoms with Crippen LogP contribution in [0.1, 0.15) is 36.5 Å². The maximum Gasteiger partial charge on any atom is 0.122 e. The molecule has 0 aromatic heterocycles. The normalized spacial score (nSPS) is 16.1. The summed E-state index contributed by atoms with van der Waals surface area (Å²) in [6.45, 7) is 8.97. The Bertz CT molecular complexity index is 394. The van der Waals surface area contributed by atoms with Crippen LogP contribution in [0.25, 0.3) is 0 Å². The first-order valence-corrected chi connectivity index (χ1v) is 6.50. The van der Waals surface area contributed by atoms with Gasteiger partial charge in [0, 0.05) is 0 Å². The van der Waals surface area contributed by atoms with Gasteiger partial charge in [-0.05, 0) is 61.0 Å². The predicted octanol–water partition coefficient (Wildman–Crippen LogP) is 2.89. The first-order valence-electron chi connectivity index (χ1n) is 6.50. The summed E-state index contributed by atoms with van der Waals surface area (Å²) in [7, 11) is 1.76. The lowest BCUT2D eigenvalue weighted by molar-refractivity contribution is 0.345. The van der Waals surface area contributed by atoms with Crippen LogP contribution in [0.3, 0.4) is 0 Å². The third kappa shape index (κ3) is 2.63. The zero-order valence-corrected chi connectivity index (χ0v) is 11.3. The van der Waals surface area contributed by atoms with Gasteiger partial charge in [-0.15, -0.1) is 0 Å². The van der Waals surface area contributed by atoms with Gasteiger partial charge in [0.15, 0.2) is 0 Å². The molecule has 1 aliphatic rings. The molecule has 94 valence electrons. The zero-order valence-electron chi connectivity index (χ0n) is 11.3. The number of hydrogen-bond donors (Lipinski definition) is 1. The van der Waals surface area contributed by atoms with E-state index >= 15 is 0 Å². The molecule has 17 heavy (non-hydrogen) atoms. The predicted molar refractivity (Wildman–Crippen MR) is 71.9 cm³/mol. The molecular weight excluding hydrogens is 210 g/mol. The van der Waals surface area contributed by atoms with Crippen molar-refractivity contribution in [2.24, 2.45) is 5.92 Å². The Morgan fingerprint density at radius 2 is 2.06 bits per heavy atom. The molecule has 0 aliphatic carbocycles. The van der Waals surface area contributed by atoms with E-state index in [0.717, 1.165) is 11.7 Å². The van der Waals surface area contributed by atoms with Gasteiger partial charge in [0.1, 0.15) is 5.75 Å². The van der Waals surface area contributed by atoms with Gasteiger partial charge < -0.3 is 10.1 Å². The van der Waals surface area contributed by atoms with Crippen LogP contribution in [0.5, 0.6) is 5.75 Å². The minimum atomic E-state index is 0.517. The van der Waals surface area contributed by atoms with Crippen LogP contribution in [0.2, 0.25) is 0 Å². The molecule has 2 nitrogen and oxygen atoms in total. The number of hydrogen-bond acceptors (Lipinski definition) is 2. The quantitative estimate of drug-likeness (QED) is 0.863. The Balaban J connectivity index is 2.28. The molecule has 1 aromatic rings. The van der Waals surface area contributed by atoms with Crippen molar-refractivity contribution in [2.75, 3.05) is 20.2 Å². The molecule has 2 heteroatoms. The second-order valence-electron chi connectivity index (χ2n) is 5.40. The molecule has 2 rings (SSSR count). The standard InChI is InChI=1S/C15H23NO/c1-10(2)14-7-13(6-12-8-16-9-12)11(3)5-15(14)17-4/h5,7,10,12,16H,6,8-9H2,1-4H3. The van der Waals surface area contributed by atoms with Crippen LogP contribution in [0.15, 0.2) is 12.1 Å². The van der Waals surface area contributed by atoms with Crippen LogP contribution in [0, 0.1) is 12.8 Å². The fraction of sp³-hybridized carbons (Fsp3) is 0.600. The molecule has 0 radical (unpaired) electrons. The summed E-state index contributed by atoms with van der Waals surface area (Å²) in [5, 5.41) is 3.34. The molecule has 0 bridgehead atoms. The van der Waals surface area contributed by atoms with Crippen molar-refractivity contribution in [1.82, 2.24) is 5.32 Å². The lowest BCUT2D eigenvalue weighted by Crippen LogP contribution is -2.43. The fourth-order valence-electron chi connectivity index (χ4n) is 2.40. The summed E-state index contributed by atoms with van der Waals surface area (Å²) in [5.41, 5.74) is 4.18. The fourth-order valence-corrected chi connectivity index (χ4v) is 2.40. The maximum atomic E-state index is 5.48. The molecule has 0 amide bonds. The van der Waals surface area contributed by atoms with Crippen molar-refractivity contribution < 1.29 is 4.74 Å². The topological polar surface area (TPSA) is 21.3 Å². The number of nitrogens with one attached hydrogen (secondary N) is 1. The number of rotatable bonds is 4.